The van der Waals surface area contributed by atoms with Crippen molar-refractivity contribution in [2.75, 3.05) is 52.7 Å². The first-order chi connectivity index (χ1) is 12.9. The van der Waals surface area contributed by atoms with Crippen molar-refractivity contribution >= 4 is 5.96 Å². The molecule has 0 amide bonds. The van der Waals surface area contributed by atoms with E-state index >= 15 is 0 Å². The average molecular weight is 364 g/mol. The van der Waals surface area contributed by atoms with E-state index in [4.69, 9.17) is 14.2 Å². The molecule has 1 fully saturated rings. The van der Waals surface area contributed by atoms with E-state index in [-0.39, 0.29) is 0 Å². The molecule has 1 atom stereocenters. The summed E-state index contributed by atoms with van der Waals surface area (Å²) in [5, 5.41) is 6.62. The standard InChI is InChI=1S/C20H33N3O3/c1-2-21-20(22-11-6-13-24-16-18-10-15-25-17-18)23-12-7-14-26-19-8-4-3-5-9-19/h3-5,8-9,18H,2,6-7,10-17H2,1H3,(H2,21,22,23). The summed E-state index contributed by atoms with van der Waals surface area (Å²) in [4.78, 5) is 4.58. The van der Waals surface area contributed by atoms with E-state index < -0.39 is 0 Å². The van der Waals surface area contributed by atoms with E-state index in [9.17, 15) is 0 Å². The molecule has 1 aromatic carbocycles. The first-order valence-corrected chi connectivity index (χ1v) is 9.74. The smallest absolute Gasteiger partial charge is 0.191 e. The second-order valence-corrected chi connectivity index (χ2v) is 6.36. The lowest BCUT2D eigenvalue weighted by molar-refractivity contribution is 0.0888. The van der Waals surface area contributed by atoms with Crippen LogP contribution in [0.3, 0.4) is 0 Å². The van der Waals surface area contributed by atoms with Crippen molar-refractivity contribution in [3.05, 3.63) is 30.3 Å². The molecule has 0 aromatic heterocycles. The van der Waals surface area contributed by atoms with Crippen LogP contribution in [0.15, 0.2) is 35.3 Å². The zero-order chi connectivity index (χ0) is 18.3. The van der Waals surface area contributed by atoms with E-state index in [1.54, 1.807) is 0 Å². The molecule has 1 aromatic rings. The molecule has 1 heterocycles. The minimum absolute atomic E-state index is 0.583. The van der Waals surface area contributed by atoms with E-state index in [2.05, 4.69) is 22.5 Å². The predicted octanol–water partition coefficient (Wildman–Crippen LogP) is 2.45. The number of hydrogen-bond donors (Lipinski definition) is 2. The van der Waals surface area contributed by atoms with Crippen LogP contribution >= 0.6 is 0 Å². The van der Waals surface area contributed by atoms with Gasteiger partial charge in [-0.25, -0.2) is 0 Å². The fourth-order valence-electron chi connectivity index (χ4n) is 2.65. The Morgan fingerprint density at radius 3 is 2.85 bits per heavy atom. The van der Waals surface area contributed by atoms with Gasteiger partial charge in [0.1, 0.15) is 5.75 Å². The molecule has 1 aliphatic heterocycles. The van der Waals surface area contributed by atoms with Crippen molar-refractivity contribution in [2.45, 2.75) is 26.2 Å². The van der Waals surface area contributed by atoms with Crippen molar-refractivity contribution in [2.24, 2.45) is 10.9 Å². The third kappa shape index (κ3) is 9.06. The molecule has 0 spiro atoms. The normalized spacial score (nSPS) is 17.3. The average Bonchev–Trinajstić information content (AvgIpc) is 3.18. The van der Waals surface area contributed by atoms with Crippen LogP contribution < -0.4 is 15.4 Å². The maximum absolute atomic E-state index is 5.72. The van der Waals surface area contributed by atoms with Crippen molar-refractivity contribution in [3.63, 3.8) is 0 Å². The summed E-state index contributed by atoms with van der Waals surface area (Å²) >= 11 is 0. The number of rotatable bonds is 12. The van der Waals surface area contributed by atoms with Gasteiger partial charge in [-0.15, -0.1) is 0 Å². The highest BCUT2D eigenvalue weighted by Crippen LogP contribution is 2.12. The highest BCUT2D eigenvalue weighted by atomic mass is 16.5. The molecule has 6 heteroatoms. The summed E-state index contributed by atoms with van der Waals surface area (Å²) in [6.07, 6.45) is 2.98. The van der Waals surface area contributed by atoms with Gasteiger partial charge in [0.2, 0.25) is 0 Å². The lowest BCUT2D eigenvalue weighted by Gasteiger charge is -2.12. The summed E-state index contributed by atoms with van der Waals surface area (Å²) < 4.78 is 16.7. The molecule has 0 saturated carbocycles. The third-order valence-electron chi connectivity index (χ3n) is 4.06. The maximum Gasteiger partial charge on any atom is 0.191 e. The van der Waals surface area contributed by atoms with Crippen molar-refractivity contribution in [3.8, 4) is 5.75 Å². The molecule has 6 nitrogen and oxygen atoms in total. The van der Waals surface area contributed by atoms with Gasteiger partial charge < -0.3 is 24.8 Å². The van der Waals surface area contributed by atoms with Gasteiger partial charge in [0.25, 0.3) is 0 Å². The van der Waals surface area contributed by atoms with Gasteiger partial charge in [0.15, 0.2) is 5.96 Å². The Balaban J connectivity index is 1.51. The first-order valence-electron chi connectivity index (χ1n) is 9.74. The number of hydrogen-bond acceptors (Lipinski definition) is 4. The fraction of sp³-hybridized carbons (Fsp3) is 0.650. The minimum Gasteiger partial charge on any atom is -0.494 e. The Morgan fingerprint density at radius 2 is 2.08 bits per heavy atom. The van der Waals surface area contributed by atoms with Crippen molar-refractivity contribution in [1.29, 1.82) is 0 Å². The molecule has 0 aliphatic carbocycles. The van der Waals surface area contributed by atoms with Gasteiger partial charge in [-0.1, -0.05) is 18.2 Å². The van der Waals surface area contributed by atoms with E-state index in [0.29, 0.717) is 12.5 Å². The van der Waals surface area contributed by atoms with Gasteiger partial charge in [-0.2, -0.15) is 0 Å². The Labute approximate surface area is 157 Å². The molecular weight excluding hydrogens is 330 g/mol. The van der Waals surface area contributed by atoms with Gasteiger partial charge in [-0.05, 0) is 31.9 Å². The summed E-state index contributed by atoms with van der Waals surface area (Å²) in [5.41, 5.74) is 0. The number of ether oxygens (including phenoxy) is 3. The van der Waals surface area contributed by atoms with Crippen LogP contribution in [0.4, 0.5) is 0 Å². The highest BCUT2D eigenvalue weighted by Gasteiger charge is 2.15. The summed E-state index contributed by atoms with van der Waals surface area (Å²) in [7, 11) is 0. The number of nitrogens with zero attached hydrogens (tertiary/aromatic N) is 1. The van der Waals surface area contributed by atoms with Crippen LogP contribution in [0, 0.1) is 5.92 Å². The second kappa shape index (κ2) is 13.4. The molecule has 26 heavy (non-hydrogen) atoms. The van der Waals surface area contributed by atoms with Crippen LogP contribution in [0.2, 0.25) is 0 Å². The Bertz CT molecular complexity index is 490. The van der Waals surface area contributed by atoms with Gasteiger partial charge in [0, 0.05) is 45.2 Å². The maximum atomic E-state index is 5.72. The lowest BCUT2D eigenvalue weighted by atomic mass is 10.1. The fourth-order valence-corrected chi connectivity index (χ4v) is 2.65. The predicted molar refractivity (Wildman–Crippen MR) is 105 cm³/mol. The Hall–Kier alpha value is -1.79. The van der Waals surface area contributed by atoms with Crippen molar-refractivity contribution in [1.82, 2.24) is 10.6 Å². The Kier molecular flexibility index (Phi) is 10.6. The molecule has 1 aliphatic rings. The van der Waals surface area contributed by atoms with Gasteiger partial charge in [-0.3, -0.25) is 4.99 Å². The quantitative estimate of drug-likeness (QED) is 0.339. The topological polar surface area (TPSA) is 64.1 Å². The number of aliphatic imine (C=N–C) groups is 1. The van der Waals surface area contributed by atoms with Crippen molar-refractivity contribution < 1.29 is 14.2 Å². The molecular formula is C20H33N3O3. The molecule has 146 valence electrons. The minimum atomic E-state index is 0.583. The molecule has 0 bridgehead atoms. The van der Waals surface area contributed by atoms with Crippen LogP contribution in [0.1, 0.15) is 26.2 Å². The highest BCUT2D eigenvalue weighted by molar-refractivity contribution is 5.79. The van der Waals surface area contributed by atoms with Crippen LogP contribution in [0.5, 0.6) is 5.75 Å². The second-order valence-electron chi connectivity index (χ2n) is 6.36. The lowest BCUT2D eigenvalue weighted by Crippen LogP contribution is -2.38. The first kappa shape index (κ1) is 20.5. The number of guanidine groups is 1. The summed E-state index contributed by atoms with van der Waals surface area (Å²) in [6, 6.07) is 9.88. The molecule has 1 saturated heterocycles. The SMILES string of the molecule is CCNC(=NCCCOc1ccccc1)NCCCOCC1CCOC1. The molecule has 1 unspecified atom stereocenters. The molecule has 2 N–H and O–H groups in total. The van der Waals surface area contributed by atoms with Crippen LogP contribution in [-0.4, -0.2) is 58.6 Å². The number of benzene rings is 1. The summed E-state index contributed by atoms with van der Waals surface area (Å²) in [6.45, 7) is 8.51. The molecule has 2 rings (SSSR count). The van der Waals surface area contributed by atoms with E-state index in [1.807, 2.05) is 30.3 Å². The summed E-state index contributed by atoms with van der Waals surface area (Å²) in [5.74, 6) is 2.35. The number of para-hydroxylation sites is 1. The van der Waals surface area contributed by atoms with E-state index in [0.717, 1.165) is 77.0 Å². The molecule has 0 radical (unpaired) electrons. The van der Waals surface area contributed by atoms with Crippen LogP contribution in [0.25, 0.3) is 0 Å². The zero-order valence-corrected chi connectivity index (χ0v) is 15.9. The number of nitrogens with one attached hydrogen (secondary N) is 2. The van der Waals surface area contributed by atoms with Gasteiger partial charge in [0.05, 0.1) is 19.8 Å². The Morgan fingerprint density at radius 1 is 1.19 bits per heavy atom. The third-order valence-corrected chi connectivity index (χ3v) is 4.06. The largest absolute Gasteiger partial charge is 0.494 e. The van der Waals surface area contributed by atoms with Crippen LogP contribution in [-0.2, 0) is 9.47 Å². The van der Waals surface area contributed by atoms with Gasteiger partial charge >= 0.3 is 0 Å². The van der Waals surface area contributed by atoms with E-state index in [1.165, 1.54) is 0 Å². The zero-order valence-electron chi connectivity index (χ0n) is 15.9. The monoisotopic (exact) mass is 363 g/mol.